The average Bonchev–Trinajstić information content (AvgIpc) is 2.44. The standard InChI is InChI=1S/C14H22N2O4/c1-3-20-14(18)11-5-4-6-12(15)13(11)16(7-9-17)8-10-19-2/h4-6,17H,3,7-10,15H2,1-2H3. The summed E-state index contributed by atoms with van der Waals surface area (Å²) in [6.45, 7) is 3.37. The molecule has 6 heteroatoms. The molecule has 0 saturated heterocycles. The Kier molecular flexibility index (Phi) is 6.83. The van der Waals surface area contributed by atoms with Crippen LogP contribution >= 0.6 is 0 Å². The maximum absolute atomic E-state index is 12.0. The number of para-hydroxylation sites is 1. The van der Waals surface area contributed by atoms with Crippen LogP contribution in [-0.4, -0.2) is 51.1 Å². The lowest BCUT2D eigenvalue weighted by Crippen LogP contribution is -2.32. The van der Waals surface area contributed by atoms with E-state index in [1.807, 2.05) is 4.90 Å². The van der Waals surface area contributed by atoms with Crippen LogP contribution in [0.25, 0.3) is 0 Å². The van der Waals surface area contributed by atoms with Gasteiger partial charge in [-0.1, -0.05) is 6.07 Å². The quantitative estimate of drug-likeness (QED) is 0.544. The lowest BCUT2D eigenvalue weighted by Gasteiger charge is -2.27. The molecule has 0 spiro atoms. The predicted molar refractivity (Wildman–Crippen MR) is 78.0 cm³/mol. The van der Waals surface area contributed by atoms with Crippen molar-refractivity contribution in [3.05, 3.63) is 23.8 Å². The summed E-state index contributed by atoms with van der Waals surface area (Å²) >= 11 is 0. The summed E-state index contributed by atoms with van der Waals surface area (Å²) < 4.78 is 10.1. The average molecular weight is 282 g/mol. The van der Waals surface area contributed by atoms with Crippen LogP contribution in [0.2, 0.25) is 0 Å². The van der Waals surface area contributed by atoms with Crippen LogP contribution in [0.4, 0.5) is 11.4 Å². The van der Waals surface area contributed by atoms with Crippen LogP contribution < -0.4 is 10.6 Å². The number of aliphatic hydroxyl groups excluding tert-OH is 1. The number of nitrogens with two attached hydrogens (primary N) is 1. The van der Waals surface area contributed by atoms with Crippen LogP contribution in [0, 0.1) is 0 Å². The zero-order valence-corrected chi connectivity index (χ0v) is 12.0. The number of ether oxygens (including phenoxy) is 2. The third-order valence-corrected chi connectivity index (χ3v) is 2.81. The van der Waals surface area contributed by atoms with Gasteiger partial charge in [-0.25, -0.2) is 4.79 Å². The number of carbonyl (C=O) groups is 1. The highest BCUT2D eigenvalue weighted by atomic mass is 16.5. The van der Waals surface area contributed by atoms with Gasteiger partial charge in [0.05, 0.1) is 36.8 Å². The molecule has 20 heavy (non-hydrogen) atoms. The second-order valence-corrected chi connectivity index (χ2v) is 4.17. The van der Waals surface area contributed by atoms with Crippen LogP contribution in [-0.2, 0) is 9.47 Å². The fourth-order valence-corrected chi connectivity index (χ4v) is 1.95. The Hall–Kier alpha value is -1.79. The second kappa shape index (κ2) is 8.39. The number of hydrogen-bond acceptors (Lipinski definition) is 6. The molecule has 0 fully saturated rings. The molecule has 0 unspecified atom stereocenters. The molecule has 0 saturated carbocycles. The number of hydrogen-bond donors (Lipinski definition) is 2. The number of nitrogens with zero attached hydrogens (tertiary/aromatic N) is 1. The molecule has 0 aromatic heterocycles. The topological polar surface area (TPSA) is 85.0 Å². The van der Waals surface area contributed by atoms with Gasteiger partial charge in [-0.05, 0) is 19.1 Å². The van der Waals surface area contributed by atoms with Crippen LogP contribution in [0.1, 0.15) is 17.3 Å². The minimum absolute atomic E-state index is 0.0414. The van der Waals surface area contributed by atoms with Gasteiger partial charge in [0, 0.05) is 20.2 Å². The van der Waals surface area contributed by atoms with Gasteiger partial charge >= 0.3 is 5.97 Å². The third kappa shape index (κ3) is 4.11. The van der Waals surface area contributed by atoms with E-state index in [4.69, 9.17) is 15.2 Å². The second-order valence-electron chi connectivity index (χ2n) is 4.17. The summed E-state index contributed by atoms with van der Waals surface area (Å²) in [5, 5.41) is 9.18. The van der Waals surface area contributed by atoms with E-state index in [1.54, 1.807) is 32.2 Å². The van der Waals surface area contributed by atoms with Gasteiger partial charge in [0.15, 0.2) is 0 Å². The van der Waals surface area contributed by atoms with Gasteiger partial charge in [0.1, 0.15) is 0 Å². The van der Waals surface area contributed by atoms with E-state index in [2.05, 4.69) is 0 Å². The molecule has 0 aliphatic rings. The lowest BCUT2D eigenvalue weighted by atomic mass is 10.1. The van der Waals surface area contributed by atoms with Crippen molar-refractivity contribution in [2.45, 2.75) is 6.92 Å². The molecule has 0 atom stereocenters. The first-order valence-electron chi connectivity index (χ1n) is 6.56. The van der Waals surface area contributed by atoms with Gasteiger partial charge in [-0.2, -0.15) is 0 Å². The lowest BCUT2D eigenvalue weighted by molar-refractivity contribution is 0.0527. The van der Waals surface area contributed by atoms with Gasteiger partial charge in [0.2, 0.25) is 0 Å². The van der Waals surface area contributed by atoms with Crippen molar-refractivity contribution in [3.8, 4) is 0 Å². The number of rotatable bonds is 8. The summed E-state index contributed by atoms with van der Waals surface area (Å²) in [5.41, 5.74) is 7.44. The smallest absolute Gasteiger partial charge is 0.340 e. The molecule has 112 valence electrons. The summed E-state index contributed by atoms with van der Waals surface area (Å²) in [6, 6.07) is 5.09. The van der Waals surface area contributed by atoms with Crippen molar-refractivity contribution < 1.29 is 19.4 Å². The molecule has 0 aliphatic carbocycles. The molecule has 1 rings (SSSR count). The van der Waals surface area contributed by atoms with E-state index in [1.165, 1.54) is 0 Å². The Morgan fingerprint density at radius 2 is 2.15 bits per heavy atom. The molecule has 1 aromatic carbocycles. The number of methoxy groups -OCH3 is 1. The number of benzene rings is 1. The van der Waals surface area contributed by atoms with Crippen molar-refractivity contribution in [1.29, 1.82) is 0 Å². The maximum atomic E-state index is 12.0. The molecule has 0 bridgehead atoms. The number of carbonyl (C=O) groups excluding carboxylic acids is 1. The van der Waals surface area contributed by atoms with Crippen molar-refractivity contribution >= 4 is 17.3 Å². The molecule has 0 aliphatic heterocycles. The number of aliphatic hydroxyl groups is 1. The van der Waals surface area contributed by atoms with E-state index in [0.29, 0.717) is 43.2 Å². The highest BCUT2D eigenvalue weighted by Gasteiger charge is 2.19. The van der Waals surface area contributed by atoms with E-state index >= 15 is 0 Å². The molecular formula is C14H22N2O4. The Morgan fingerprint density at radius 1 is 1.40 bits per heavy atom. The highest BCUT2D eigenvalue weighted by molar-refractivity contribution is 5.99. The Balaban J connectivity index is 3.13. The van der Waals surface area contributed by atoms with Gasteiger partial charge in [-0.3, -0.25) is 0 Å². The van der Waals surface area contributed by atoms with Crippen molar-refractivity contribution in [2.24, 2.45) is 0 Å². The number of anilines is 2. The van der Waals surface area contributed by atoms with Gasteiger partial charge in [0.25, 0.3) is 0 Å². The zero-order chi connectivity index (χ0) is 15.0. The van der Waals surface area contributed by atoms with Crippen LogP contribution in [0.15, 0.2) is 18.2 Å². The van der Waals surface area contributed by atoms with Gasteiger partial charge in [-0.15, -0.1) is 0 Å². The fourth-order valence-electron chi connectivity index (χ4n) is 1.95. The monoisotopic (exact) mass is 282 g/mol. The van der Waals surface area contributed by atoms with E-state index in [0.717, 1.165) is 0 Å². The van der Waals surface area contributed by atoms with E-state index in [9.17, 15) is 9.90 Å². The minimum atomic E-state index is -0.421. The molecule has 0 amide bonds. The maximum Gasteiger partial charge on any atom is 0.340 e. The Bertz CT molecular complexity index is 437. The number of nitrogen functional groups attached to an aromatic ring is 1. The third-order valence-electron chi connectivity index (χ3n) is 2.81. The van der Waals surface area contributed by atoms with E-state index < -0.39 is 5.97 Å². The molecule has 0 radical (unpaired) electrons. The predicted octanol–water partition coefficient (Wildman–Crippen LogP) is 0.891. The first-order chi connectivity index (χ1) is 9.65. The normalized spacial score (nSPS) is 10.3. The zero-order valence-electron chi connectivity index (χ0n) is 12.0. The molecule has 6 nitrogen and oxygen atoms in total. The first-order valence-corrected chi connectivity index (χ1v) is 6.56. The fraction of sp³-hybridized carbons (Fsp3) is 0.500. The SMILES string of the molecule is CCOC(=O)c1cccc(N)c1N(CCO)CCOC. The Morgan fingerprint density at radius 3 is 2.75 bits per heavy atom. The first kappa shape index (κ1) is 16.3. The molecule has 0 heterocycles. The number of esters is 1. The Labute approximate surface area is 119 Å². The summed E-state index contributed by atoms with van der Waals surface area (Å²) in [7, 11) is 1.59. The summed E-state index contributed by atoms with van der Waals surface area (Å²) in [6.07, 6.45) is 0. The van der Waals surface area contributed by atoms with Crippen LogP contribution in [0.3, 0.4) is 0 Å². The molecule has 1 aromatic rings. The van der Waals surface area contributed by atoms with Crippen molar-refractivity contribution in [3.63, 3.8) is 0 Å². The largest absolute Gasteiger partial charge is 0.462 e. The van der Waals surface area contributed by atoms with Crippen LogP contribution in [0.5, 0.6) is 0 Å². The van der Waals surface area contributed by atoms with Gasteiger partial charge < -0.3 is 25.2 Å². The van der Waals surface area contributed by atoms with E-state index in [-0.39, 0.29) is 6.61 Å². The summed E-state index contributed by atoms with van der Waals surface area (Å²) in [5.74, 6) is -0.421. The summed E-state index contributed by atoms with van der Waals surface area (Å²) in [4.78, 5) is 13.8. The highest BCUT2D eigenvalue weighted by Crippen LogP contribution is 2.28. The minimum Gasteiger partial charge on any atom is -0.462 e. The molecular weight excluding hydrogens is 260 g/mol. The van der Waals surface area contributed by atoms with Crippen molar-refractivity contribution in [2.75, 3.05) is 50.7 Å². The van der Waals surface area contributed by atoms with Crippen molar-refractivity contribution in [1.82, 2.24) is 0 Å². The molecule has 3 N–H and O–H groups in total.